The van der Waals surface area contributed by atoms with Crippen molar-refractivity contribution < 1.29 is 14.6 Å². The Kier molecular flexibility index (Phi) is 4.87. The number of benzene rings is 2. The van der Waals surface area contributed by atoms with Gasteiger partial charge in [0.2, 0.25) is 5.88 Å². The Balaban J connectivity index is 1.55. The number of aromatic nitrogens is 3. The highest BCUT2D eigenvalue weighted by Crippen LogP contribution is 2.31. The van der Waals surface area contributed by atoms with Gasteiger partial charge in [0.15, 0.2) is 0 Å². The Morgan fingerprint density at radius 3 is 2.48 bits per heavy atom. The molecule has 4 aromatic rings. The summed E-state index contributed by atoms with van der Waals surface area (Å²) in [5, 5.41) is 10.6. The van der Waals surface area contributed by atoms with Crippen molar-refractivity contribution in [2.24, 2.45) is 0 Å². The number of ether oxygens (including phenoxy) is 2. The summed E-state index contributed by atoms with van der Waals surface area (Å²) in [6, 6.07) is 15.3. The van der Waals surface area contributed by atoms with Crippen molar-refractivity contribution >= 4 is 22.3 Å². The molecule has 4 rings (SSSR count). The van der Waals surface area contributed by atoms with E-state index in [1.165, 1.54) is 0 Å². The second-order valence-corrected chi connectivity index (χ2v) is 6.53. The van der Waals surface area contributed by atoms with Crippen LogP contribution in [-0.2, 0) is 0 Å². The molecule has 0 saturated carbocycles. The summed E-state index contributed by atoms with van der Waals surface area (Å²) >= 11 is 0. The van der Waals surface area contributed by atoms with Crippen molar-refractivity contribution in [3.63, 3.8) is 0 Å². The van der Waals surface area contributed by atoms with Gasteiger partial charge in [-0.15, -0.1) is 0 Å². The molecule has 0 aliphatic carbocycles. The van der Waals surface area contributed by atoms with E-state index < -0.39 is 0 Å². The number of hydrogen-bond acceptors (Lipinski definition) is 7. The molecule has 0 bridgehead atoms. The lowest BCUT2D eigenvalue weighted by atomic mass is 10.2. The van der Waals surface area contributed by atoms with Crippen LogP contribution in [0.4, 0.5) is 11.4 Å². The van der Waals surface area contributed by atoms with Gasteiger partial charge in [0.25, 0.3) is 0 Å². The Morgan fingerprint density at radius 2 is 1.72 bits per heavy atom. The molecular weight excluding hydrogens is 368 g/mol. The number of nitrogens with zero attached hydrogens (tertiary/aromatic N) is 4. The molecule has 2 aromatic heterocycles. The SMILES string of the molecule is COc1cc(N(C)c2ccc(Oc3nc(O)c4ccncc4n3)cc2)ccc1C. The molecule has 2 aromatic carbocycles. The molecule has 0 fully saturated rings. The molecule has 7 nitrogen and oxygen atoms in total. The Bertz CT molecular complexity index is 1160. The van der Waals surface area contributed by atoms with Gasteiger partial charge in [-0.2, -0.15) is 9.97 Å². The minimum Gasteiger partial charge on any atom is -0.496 e. The van der Waals surface area contributed by atoms with Crippen LogP contribution in [0.1, 0.15) is 5.56 Å². The molecule has 0 aliphatic rings. The van der Waals surface area contributed by atoms with Gasteiger partial charge in [-0.25, -0.2) is 0 Å². The average molecular weight is 388 g/mol. The highest BCUT2D eigenvalue weighted by Gasteiger charge is 2.10. The Morgan fingerprint density at radius 1 is 0.966 bits per heavy atom. The van der Waals surface area contributed by atoms with Crippen LogP contribution >= 0.6 is 0 Å². The van der Waals surface area contributed by atoms with Crippen molar-refractivity contribution in [1.29, 1.82) is 0 Å². The zero-order valence-corrected chi connectivity index (χ0v) is 16.3. The summed E-state index contributed by atoms with van der Waals surface area (Å²) in [7, 11) is 3.65. The summed E-state index contributed by atoms with van der Waals surface area (Å²) in [5.41, 5.74) is 3.59. The quantitative estimate of drug-likeness (QED) is 0.535. The third-order valence-corrected chi connectivity index (χ3v) is 4.67. The number of anilines is 2. The number of aromatic hydroxyl groups is 1. The fraction of sp³-hybridized carbons (Fsp3) is 0.136. The van der Waals surface area contributed by atoms with Crippen molar-refractivity contribution in [1.82, 2.24) is 15.0 Å². The first kappa shape index (κ1) is 18.5. The van der Waals surface area contributed by atoms with Crippen LogP contribution < -0.4 is 14.4 Å². The summed E-state index contributed by atoms with van der Waals surface area (Å²) in [6.07, 6.45) is 3.13. The van der Waals surface area contributed by atoms with Gasteiger partial charge in [0.1, 0.15) is 11.5 Å². The molecule has 0 aliphatic heterocycles. The Labute approximate surface area is 168 Å². The number of rotatable bonds is 5. The molecule has 29 heavy (non-hydrogen) atoms. The molecule has 2 heterocycles. The largest absolute Gasteiger partial charge is 0.496 e. The van der Waals surface area contributed by atoms with Crippen LogP contribution in [0.15, 0.2) is 60.9 Å². The number of aryl methyl sites for hydroxylation is 1. The summed E-state index contributed by atoms with van der Waals surface area (Å²) in [6.45, 7) is 2.01. The fourth-order valence-corrected chi connectivity index (χ4v) is 3.00. The monoisotopic (exact) mass is 388 g/mol. The van der Waals surface area contributed by atoms with Gasteiger partial charge in [0, 0.05) is 30.7 Å². The standard InChI is InChI=1S/C22H20N4O3/c1-14-4-5-16(12-20(14)28-3)26(2)15-6-8-17(9-7-15)29-22-24-19-13-23-11-10-18(19)21(27)25-22/h4-13H,1-3H3,(H,24,25,27). The van der Waals surface area contributed by atoms with Crippen molar-refractivity contribution in [3.8, 4) is 23.4 Å². The van der Waals surface area contributed by atoms with E-state index in [1.807, 2.05) is 56.4 Å². The van der Waals surface area contributed by atoms with Crippen LogP contribution in [0.2, 0.25) is 0 Å². The second kappa shape index (κ2) is 7.63. The topological polar surface area (TPSA) is 80.6 Å². The smallest absolute Gasteiger partial charge is 0.325 e. The molecule has 0 amide bonds. The first-order valence-corrected chi connectivity index (χ1v) is 9.02. The fourth-order valence-electron chi connectivity index (χ4n) is 3.00. The van der Waals surface area contributed by atoms with Gasteiger partial charge in [-0.1, -0.05) is 6.07 Å². The molecule has 0 spiro atoms. The van der Waals surface area contributed by atoms with Gasteiger partial charge in [-0.05, 0) is 48.9 Å². The average Bonchev–Trinajstić information content (AvgIpc) is 2.74. The van der Waals surface area contributed by atoms with Crippen molar-refractivity contribution in [2.45, 2.75) is 6.92 Å². The zero-order valence-electron chi connectivity index (χ0n) is 16.3. The first-order valence-electron chi connectivity index (χ1n) is 9.02. The van der Waals surface area contributed by atoms with Gasteiger partial charge in [-0.3, -0.25) is 4.98 Å². The predicted octanol–water partition coefficient (Wildman–Crippen LogP) is 4.61. The lowest BCUT2D eigenvalue weighted by molar-refractivity contribution is 0.411. The highest BCUT2D eigenvalue weighted by atomic mass is 16.5. The molecule has 0 atom stereocenters. The molecule has 1 N–H and O–H groups in total. The van der Waals surface area contributed by atoms with E-state index in [2.05, 4.69) is 19.9 Å². The predicted molar refractivity (Wildman–Crippen MR) is 111 cm³/mol. The maximum atomic E-state index is 10.1. The molecular formula is C22H20N4O3. The zero-order chi connectivity index (χ0) is 20.4. The lowest BCUT2D eigenvalue weighted by Gasteiger charge is -2.21. The van der Waals surface area contributed by atoms with Crippen LogP contribution in [0.25, 0.3) is 10.9 Å². The maximum absolute atomic E-state index is 10.1. The first-order chi connectivity index (χ1) is 14.0. The third kappa shape index (κ3) is 3.75. The number of fused-ring (bicyclic) bond motifs is 1. The number of hydrogen-bond donors (Lipinski definition) is 1. The van der Waals surface area contributed by atoms with Crippen LogP contribution in [0.5, 0.6) is 23.4 Å². The van der Waals surface area contributed by atoms with Gasteiger partial charge < -0.3 is 19.5 Å². The van der Waals surface area contributed by atoms with Crippen molar-refractivity contribution in [2.75, 3.05) is 19.1 Å². The summed E-state index contributed by atoms with van der Waals surface area (Å²) in [5.74, 6) is 1.26. The minimum absolute atomic E-state index is 0.0624. The van der Waals surface area contributed by atoms with E-state index in [0.717, 1.165) is 22.7 Å². The molecule has 7 heteroatoms. The van der Waals surface area contributed by atoms with E-state index in [4.69, 9.17) is 9.47 Å². The molecule has 0 unspecified atom stereocenters. The van der Waals surface area contributed by atoms with E-state index in [9.17, 15) is 5.11 Å². The maximum Gasteiger partial charge on any atom is 0.325 e. The Hall–Kier alpha value is -3.87. The second-order valence-electron chi connectivity index (χ2n) is 6.53. The molecule has 146 valence electrons. The van der Waals surface area contributed by atoms with E-state index in [1.54, 1.807) is 25.6 Å². The lowest BCUT2D eigenvalue weighted by Crippen LogP contribution is -2.09. The van der Waals surface area contributed by atoms with Crippen LogP contribution in [-0.4, -0.2) is 34.2 Å². The van der Waals surface area contributed by atoms with Crippen LogP contribution in [0.3, 0.4) is 0 Å². The number of pyridine rings is 1. The highest BCUT2D eigenvalue weighted by molar-refractivity contribution is 5.82. The minimum atomic E-state index is -0.142. The molecule has 0 radical (unpaired) electrons. The van der Waals surface area contributed by atoms with Crippen LogP contribution in [0, 0.1) is 6.92 Å². The van der Waals surface area contributed by atoms with E-state index in [0.29, 0.717) is 16.7 Å². The molecule has 0 saturated heterocycles. The summed E-state index contributed by atoms with van der Waals surface area (Å²) < 4.78 is 11.1. The van der Waals surface area contributed by atoms with Crippen molar-refractivity contribution in [3.05, 3.63) is 66.5 Å². The third-order valence-electron chi connectivity index (χ3n) is 4.67. The van der Waals surface area contributed by atoms with Gasteiger partial charge >= 0.3 is 6.01 Å². The summed E-state index contributed by atoms with van der Waals surface area (Å²) in [4.78, 5) is 14.3. The van der Waals surface area contributed by atoms with E-state index in [-0.39, 0.29) is 11.9 Å². The normalized spacial score (nSPS) is 10.7. The number of methoxy groups -OCH3 is 1. The van der Waals surface area contributed by atoms with Gasteiger partial charge in [0.05, 0.1) is 24.2 Å². The van der Waals surface area contributed by atoms with E-state index >= 15 is 0 Å².